The molecule has 0 bridgehead atoms. The molecular formula is C25H21BrN2O. The topological polar surface area (TPSA) is 41.5 Å². The highest BCUT2D eigenvalue weighted by Crippen LogP contribution is 2.58. The smallest absolute Gasteiger partial charge is 0.244 e. The molecule has 0 aliphatic heterocycles. The van der Waals surface area contributed by atoms with Crippen LogP contribution in [0.3, 0.4) is 0 Å². The van der Waals surface area contributed by atoms with E-state index in [1.54, 1.807) is 6.21 Å². The lowest BCUT2D eigenvalue weighted by molar-refractivity contribution is -0.122. The average molecular weight is 445 g/mol. The zero-order valence-corrected chi connectivity index (χ0v) is 17.4. The largest absolute Gasteiger partial charge is 0.273 e. The first-order chi connectivity index (χ1) is 14.2. The van der Waals surface area contributed by atoms with E-state index >= 15 is 0 Å². The minimum Gasteiger partial charge on any atom is -0.273 e. The predicted octanol–water partition coefficient (Wildman–Crippen LogP) is 5.53. The molecule has 0 spiro atoms. The van der Waals surface area contributed by atoms with E-state index in [1.165, 1.54) is 11.1 Å². The molecule has 3 nitrogen and oxygen atoms in total. The van der Waals surface area contributed by atoms with E-state index in [4.69, 9.17) is 0 Å². The van der Waals surface area contributed by atoms with Gasteiger partial charge in [-0.3, -0.25) is 4.79 Å². The SMILES string of the molecule is O=C(N/N=C/C(Br)=C/c1ccccc1)C1CC1(c1ccccc1)c1ccccc1. The van der Waals surface area contributed by atoms with E-state index in [0.29, 0.717) is 0 Å². The van der Waals surface area contributed by atoms with Crippen molar-refractivity contribution in [1.82, 2.24) is 5.43 Å². The first-order valence-corrected chi connectivity index (χ1v) is 10.4. The molecule has 29 heavy (non-hydrogen) atoms. The summed E-state index contributed by atoms with van der Waals surface area (Å²) < 4.78 is 0.789. The summed E-state index contributed by atoms with van der Waals surface area (Å²) >= 11 is 3.47. The van der Waals surface area contributed by atoms with E-state index in [0.717, 1.165) is 16.5 Å². The molecule has 1 unspecified atom stereocenters. The molecule has 3 aromatic rings. The first kappa shape index (κ1) is 19.3. The molecule has 1 amide bonds. The third kappa shape index (κ3) is 4.22. The van der Waals surface area contributed by atoms with Gasteiger partial charge in [0.25, 0.3) is 0 Å². The number of carbonyl (C=O) groups is 1. The number of rotatable bonds is 6. The fraction of sp³-hybridized carbons (Fsp3) is 0.120. The van der Waals surface area contributed by atoms with Crippen molar-refractivity contribution in [3.63, 3.8) is 0 Å². The van der Waals surface area contributed by atoms with Gasteiger partial charge >= 0.3 is 0 Å². The van der Waals surface area contributed by atoms with Crippen LogP contribution in [0.1, 0.15) is 23.1 Å². The fourth-order valence-corrected chi connectivity index (χ4v) is 4.20. The summed E-state index contributed by atoms with van der Waals surface area (Å²) in [6, 6.07) is 30.4. The zero-order valence-electron chi connectivity index (χ0n) is 15.8. The molecule has 4 heteroatoms. The molecular weight excluding hydrogens is 424 g/mol. The van der Waals surface area contributed by atoms with Crippen LogP contribution in [0.2, 0.25) is 0 Å². The zero-order chi connectivity index (χ0) is 20.1. The second kappa shape index (κ2) is 8.58. The second-order valence-electron chi connectivity index (χ2n) is 7.13. The van der Waals surface area contributed by atoms with E-state index < -0.39 is 0 Å². The molecule has 0 aromatic heterocycles. The normalized spacial score (nSPS) is 17.8. The minimum absolute atomic E-state index is 0.0611. The van der Waals surface area contributed by atoms with Crippen LogP contribution >= 0.6 is 15.9 Å². The van der Waals surface area contributed by atoms with Gasteiger partial charge in [0.05, 0.1) is 12.1 Å². The number of nitrogens with zero attached hydrogens (tertiary/aromatic N) is 1. The van der Waals surface area contributed by atoms with Gasteiger partial charge in [-0.05, 0) is 45.1 Å². The molecule has 0 heterocycles. The van der Waals surface area contributed by atoms with Gasteiger partial charge in [-0.15, -0.1) is 0 Å². The number of halogens is 1. The van der Waals surface area contributed by atoms with Gasteiger partial charge in [-0.25, -0.2) is 5.43 Å². The van der Waals surface area contributed by atoms with E-state index in [-0.39, 0.29) is 17.2 Å². The third-order valence-corrected chi connectivity index (χ3v) is 5.76. The number of allylic oxidation sites excluding steroid dienone is 1. The lowest BCUT2D eigenvalue weighted by atomic mass is 9.85. The monoisotopic (exact) mass is 444 g/mol. The van der Waals surface area contributed by atoms with Crippen molar-refractivity contribution in [2.75, 3.05) is 0 Å². The number of nitrogens with one attached hydrogen (secondary N) is 1. The fourth-order valence-electron chi connectivity index (χ4n) is 3.84. The van der Waals surface area contributed by atoms with Crippen molar-refractivity contribution in [2.24, 2.45) is 11.0 Å². The molecule has 1 saturated carbocycles. The quantitative estimate of drug-likeness (QED) is 0.394. The van der Waals surface area contributed by atoms with Crippen LogP contribution in [-0.2, 0) is 10.2 Å². The van der Waals surface area contributed by atoms with Crippen LogP contribution in [0.4, 0.5) is 0 Å². The van der Waals surface area contributed by atoms with Crippen LogP contribution in [0.25, 0.3) is 6.08 Å². The Morgan fingerprint density at radius 3 is 1.97 bits per heavy atom. The van der Waals surface area contributed by atoms with Crippen LogP contribution in [0, 0.1) is 5.92 Å². The number of benzene rings is 3. The van der Waals surface area contributed by atoms with Gasteiger partial charge in [-0.1, -0.05) is 91.0 Å². The second-order valence-corrected chi connectivity index (χ2v) is 8.05. The van der Waals surface area contributed by atoms with Gasteiger partial charge < -0.3 is 0 Å². The van der Waals surface area contributed by atoms with Crippen LogP contribution < -0.4 is 5.43 Å². The van der Waals surface area contributed by atoms with Crippen molar-refractivity contribution in [1.29, 1.82) is 0 Å². The predicted molar refractivity (Wildman–Crippen MR) is 122 cm³/mol. The highest BCUT2D eigenvalue weighted by atomic mass is 79.9. The van der Waals surface area contributed by atoms with Gasteiger partial charge in [0, 0.05) is 9.90 Å². The van der Waals surface area contributed by atoms with Crippen LogP contribution in [0.15, 0.2) is 101 Å². The summed E-state index contributed by atoms with van der Waals surface area (Å²) in [6.07, 6.45) is 4.34. The Hall–Kier alpha value is -2.98. The molecule has 3 aromatic carbocycles. The van der Waals surface area contributed by atoms with E-state index in [9.17, 15) is 4.79 Å². The molecule has 144 valence electrons. The van der Waals surface area contributed by atoms with Gasteiger partial charge in [0.1, 0.15) is 0 Å². The molecule has 1 aliphatic carbocycles. The van der Waals surface area contributed by atoms with Crippen molar-refractivity contribution >= 4 is 34.1 Å². The van der Waals surface area contributed by atoms with Crippen molar-refractivity contribution in [2.45, 2.75) is 11.8 Å². The summed E-state index contributed by atoms with van der Waals surface area (Å²) in [5.41, 5.74) is 5.83. The van der Waals surface area contributed by atoms with Gasteiger partial charge in [-0.2, -0.15) is 5.10 Å². The van der Waals surface area contributed by atoms with Crippen LogP contribution in [-0.4, -0.2) is 12.1 Å². The molecule has 1 N–H and O–H groups in total. The average Bonchev–Trinajstić information content (AvgIpc) is 3.53. The lowest BCUT2D eigenvalue weighted by Gasteiger charge is -2.18. The maximum Gasteiger partial charge on any atom is 0.244 e. The van der Waals surface area contributed by atoms with Crippen molar-refractivity contribution in [3.05, 3.63) is 112 Å². The number of carbonyl (C=O) groups excluding carboxylic acids is 1. The highest BCUT2D eigenvalue weighted by molar-refractivity contribution is 9.12. The molecule has 1 atom stereocenters. The number of hydrogen-bond acceptors (Lipinski definition) is 2. The Morgan fingerprint density at radius 1 is 0.897 bits per heavy atom. The summed E-state index contributed by atoms with van der Waals surface area (Å²) in [5.74, 6) is -0.199. The Kier molecular flexibility index (Phi) is 5.72. The van der Waals surface area contributed by atoms with E-state index in [1.807, 2.05) is 72.8 Å². The summed E-state index contributed by atoms with van der Waals surface area (Å²) in [4.78, 5) is 12.8. The van der Waals surface area contributed by atoms with Gasteiger partial charge in [0.15, 0.2) is 0 Å². The summed E-state index contributed by atoms with van der Waals surface area (Å²) in [6.45, 7) is 0. The molecule has 0 saturated heterocycles. The van der Waals surface area contributed by atoms with Crippen molar-refractivity contribution in [3.8, 4) is 0 Å². The number of hydrazone groups is 1. The Balaban J connectivity index is 1.48. The summed E-state index contributed by atoms with van der Waals surface area (Å²) in [5, 5.41) is 4.14. The number of hydrogen-bond donors (Lipinski definition) is 1. The maximum atomic E-state index is 12.8. The first-order valence-electron chi connectivity index (χ1n) is 9.56. The molecule has 0 radical (unpaired) electrons. The standard InChI is InChI=1S/C25H21BrN2O/c26-22(16-19-10-4-1-5-11-19)18-27-28-24(29)23-17-25(23,20-12-6-2-7-13-20)21-14-8-3-9-15-21/h1-16,18,23H,17H2,(H,28,29)/b22-16-,27-18+. The van der Waals surface area contributed by atoms with Gasteiger partial charge in [0.2, 0.25) is 5.91 Å². The van der Waals surface area contributed by atoms with Crippen LogP contribution in [0.5, 0.6) is 0 Å². The Bertz CT molecular complexity index is 991. The maximum absolute atomic E-state index is 12.8. The van der Waals surface area contributed by atoms with Crippen molar-refractivity contribution < 1.29 is 4.79 Å². The molecule has 1 fully saturated rings. The third-order valence-electron chi connectivity index (χ3n) is 5.32. The van der Waals surface area contributed by atoms with E-state index in [2.05, 4.69) is 50.7 Å². The number of amides is 1. The molecule has 4 rings (SSSR count). The highest BCUT2D eigenvalue weighted by Gasteiger charge is 2.60. The Morgan fingerprint density at radius 2 is 1.41 bits per heavy atom. The summed E-state index contributed by atoms with van der Waals surface area (Å²) in [7, 11) is 0. The minimum atomic E-state index is -0.279. The lowest BCUT2D eigenvalue weighted by Crippen LogP contribution is -2.25. The molecule has 1 aliphatic rings. The Labute approximate surface area is 179 Å².